The van der Waals surface area contributed by atoms with E-state index in [1.807, 2.05) is 13.0 Å². The van der Waals surface area contributed by atoms with E-state index in [0.29, 0.717) is 46.2 Å². The quantitative estimate of drug-likeness (QED) is 0.265. The molecule has 0 saturated carbocycles. The summed E-state index contributed by atoms with van der Waals surface area (Å²) in [6.45, 7) is 2.48. The Balaban J connectivity index is 1.96. The molecule has 1 heterocycles. The predicted octanol–water partition coefficient (Wildman–Crippen LogP) is 4.99. The third-order valence-corrected chi connectivity index (χ3v) is 6.03. The van der Waals surface area contributed by atoms with Crippen LogP contribution in [0.15, 0.2) is 72.3 Å². The molecule has 8 nitrogen and oxygen atoms in total. The molecule has 1 N–H and O–H groups in total. The van der Waals surface area contributed by atoms with Crippen LogP contribution < -0.4 is 19.1 Å². The molecule has 188 valence electrons. The van der Waals surface area contributed by atoms with Gasteiger partial charge in [0, 0.05) is 16.8 Å². The monoisotopic (exact) mass is 498 g/mol. The van der Waals surface area contributed by atoms with Gasteiger partial charge in [-0.05, 0) is 48.9 Å². The van der Waals surface area contributed by atoms with E-state index < -0.39 is 17.7 Å². The van der Waals surface area contributed by atoms with Crippen LogP contribution in [0.2, 0.25) is 0 Å². The lowest BCUT2D eigenvalue weighted by molar-refractivity contribution is -0.132. The van der Waals surface area contributed by atoms with Crippen molar-refractivity contribution >= 4 is 23.1 Å². The summed E-state index contributed by atoms with van der Waals surface area (Å²) in [4.78, 5) is 28.2. The molecule has 0 spiro atoms. The number of aliphatic hydroxyl groups excluding tert-OH is 1. The van der Waals surface area contributed by atoms with E-state index >= 15 is 0 Å². The van der Waals surface area contributed by atoms with Crippen LogP contribution in [0, 0.1) is 11.3 Å². The molecule has 0 bridgehead atoms. The highest BCUT2D eigenvalue weighted by atomic mass is 16.5. The van der Waals surface area contributed by atoms with Gasteiger partial charge < -0.3 is 19.3 Å². The number of Topliss-reactive ketones (excluding diaryl/α,β-unsaturated/α-hetero) is 1. The second kappa shape index (κ2) is 10.9. The van der Waals surface area contributed by atoms with Crippen molar-refractivity contribution in [3.8, 4) is 23.3 Å². The molecule has 0 radical (unpaired) electrons. The van der Waals surface area contributed by atoms with Crippen LogP contribution in [-0.4, -0.2) is 37.6 Å². The minimum absolute atomic E-state index is 0.103. The van der Waals surface area contributed by atoms with Gasteiger partial charge in [-0.15, -0.1) is 0 Å². The topological polar surface area (TPSA) is 109 Å². The molecule has 1 fully saturated rings. The maximum atomic E-state index is 13.5. The lowest BCUT2D eigenvalue weighted by atomic mass is 9.94. The summed E-state index contributed by atoms with van der Waals surface area (Å²) >= 11 is 0. The number of methoxy groups -OCH3 is 2. The van der Waals surface area contributed by atoms with Gasteiger partial charge in [-0.25, -0.2) is 0 Å². The molecule has 0 aromatic heterocycles. The Morgan fingerprint density at radius 2 is 1.76 bits per heavy atom. The summed E-state index contributed by atoms with van der Waals surface area (Å²) in [7, 11) is 2.95. The fourth-order valence-corrected chi connectivity index (χ4v) is 4.33. The van der Waals surface area contributed by atoms with E-state index in [1.54, 1.807) is 66.7 Å². The van der Waals surface area contributed by atoms with Crippen LogP contribution >= 0.6 is 0 Å². The minimum atomic E-state index is -1.03. The Kier molecular flexibility index (Phi) is 7.44. The van der Waals surface area contributed by atoms with Crippen molar-refractivity contribution in [3.63, 3.8) is 0 Å². The van der Waals surface area contributed by atoms with Crippen molar-refractivity contribution < 1.29 is 28.9 Å². The van der Waals surface area contributed by atoms with Gasteiger partial charge >= 0.3 is 0 Å². The summed E-state index contributed by atoms with van der Waals surface area (Å²) in [5.74, 6) is -0.757. The first-order valence-corrected chi connectivity index (χ1v) is 11.7. The van der Waals surface area contributed by atoms with E-state index in [-0.39, 0.29) is 11.3 Å². The molecule has 1 amide bonds. The molecule has 1 aliphatic rings. The number of aliphatic hydroxyl groups is 1. The second-order valence-corrected chi connectivity index (χ2v) is 8.29. The Morgan fingerprint density at radius 1 is 1.03 bits per heavy atom. The van der Waals surface area contributed by atoms with Crippen LogP contribution in [0.5, 0.6) is 17.2 Å². The van der Waals surface area contributed by atoms with Crippen molar-refractivity contribution in [2.75, 3.05) is 25.7 Å². The number of ether oxygens (including phenoxy) is 3. The standard InChI is InChI=1S/C29H26N2O6/c1-4-15-37-21-8-5-7-19(16-21)26(32)24-25(22-9-6-10-23(35-2)28(22)36-3)31(29(34)27(24)33)20-13-11-18(17-30)12-14-20/h5-14,16,25,32H,4,15H2,1-3H3/b26-24-. The number of nitriles is 1. The van der Waals surface area contributed by atoms with Crippen LogP contribution in [-0.2, 0) is 9.59 Å². The Bertz CT molecular complexity index is 1400. The number of para-hydroxylation sites is 1. The normalized spacial score (nSPS) is 16.4. The van der Waals surface area contributed by atoms with E-state index in [9.17, 15) is 20.0 Å². The number of carbonyl (C=O) groups excluding carboxylic acids is 2. The van der Waals surface area contributed by atoms with Crippen LogP contribution in [0.3, 0.4) is 0 Å². The Labute approximate surface area is 214 Å². The van der Waals surface area contributed by atoms with E-state index in [4.69, 9.17) is 14.2 Å². The number of amides is 1. The van der Waals surface area contributed by atoms with E-state index in [0.717, 1.165) is 6.42 Å². The molecule has 1 saturated heterocycles. The largest absolute Gasteiger partial charge is 0.507 e. The van der Waals surface area contributed by atoms with Crippen molar-refractivity contribution in [1.82, 2.24) is 0 Å². The zero-order valence-electron chi connectivity index (χ0n) is 20.7. The second-order valence-electron chi connectivity index (χ2n) is 8.29. The van der Waals surface area contributed by atoms with Gasteiger partial charge in [-0.1, -0.05) is 31.2 Å². The minimum Gasteiger partial charge on any atom is -0.507 e. The zero-order chi connectivity index (χ0) is 26.5. The van der Waals surface area contributed by atoms with Crippen molar-refractivity contribution in [1.29, 1.82) is 5.26 Å². The Hall–Kier alpha value is -4.77. The van der Waals surface area contributed by atoms with Crippen LogP contribution in [0.25, 0.3) is 5.76 Å². The van der Waals surface area contributed by atoms with Gasteiger partial charge in [0.25, 0.3) is 11.7 Å². The number of ketones is 1. The maximum absolute atomic E-state index is 13.5. The first-order chi connectivity index (χ1) is 17.9. The maximum Gasteiger partial charge on any atom is 0.300 e. The molecule has 1 atom stereocenters. The highest BCUT2D eigenvalue weighted by Crippen LogP contribution is 2.47. The van der Waals surface area contributed by atoms with Crippen molar-refractivity contribution in [3.05, 3.63) is 89.0 Å². The number of benzene rings is 3. The third-order valence-electron chi connectivity index (χ3n) is 6.03. The first-order valence-electron chi connectivity index (χ1n) is 11.7. The lowest BCUT2D eigenvalue weighted by Gasteiger charge is -2.27. The molecule has 4 rings (SSSR count). The van der Waals surface area contributed by atoms with Crippen LogP contribution in [0.1, 0.15) is 36.1 Å². The number of carbonyl (C=O) groups is 2. The fraction of sp³-hybridized carbons (Fsp3) is 0.207. The molecule has 3 aromatic rings. The summed E-state index contributed by atoms with van der Waals surface area (Å²) in [6.07, 6.45) is 0.807. The van der Waals surface area contributed by atoms with Crippen molar-refractivity contribution in [2.45, 2.75) is 19.4 Å². The average Bonchev–Trinajstić information content (AvgIpc) is 3.20. The van der Waals surface area contributed by atoms with Gasteiger partial charge in [0.05, 0.1) is 44.1 Å². The van der Waals surface area contributed by atoms with Gasteiger partial charge in [-0.3, -0.25) is 14.5 Å². The predicted molar refractivity (Wildman–Crippen MR) is 138 cm³/mol. The highest BCUT2D eigenvalue weighted by molar-refractivity contribution is 6.51. The van der Waals surface area contributed by atoms with E-state index in [2.05, 4.69) is 0 Å². The van der Waals surface area contributed by atoms with Gasteiger partial charge in [0.15, 0.2) is 11.5 Å². The van der Waals surface area contributed by atoms with Crippen LogP contribution in [0.4, 0.5) is 5.69 Å². The van der Waals surface area contributed by atoms with Gasteiger partial charge in [-0.2, -0.15) is 5.26 Å². The zero-order valence-corrected chi connectivity index (χ0v) is 20.7. The van der Waals surface area contributed by atoms with Crippen molar-refractivity contribution in [2.24, 2.45) is 0 Å². The van der Waals surface area contributed by atoms with E-state index in [1.165, 1.54) is 19.1 Å². The highest BCUT2D eigenvalue weighted by Gasteiger charge is 2.48. The number of nitrogens with zero attached hydrogens (tertiary/aromatic N) is 2. The first kappa shape index (κ1) is 25.3. The van der Waals surface area contributed by atoms with Gasteiger partial charge in [0.2, 0.25) is 0 Å². The third kappa shape index (κ3) is 4.71. The fourth-order valence-electron chi connectivity index (χ4n) is 4.33. The molecular formula is C29H26N2O6. The molecule has 1 aliphatic heterocycles. The molecule has 1 unspecified atom stereocenters. The number of rotatable bonds is 8. The number of hydrogen-bond acceptors (Lipinski definition) is 7. The number of anilines is 1. The molecule has 37 heavy (non-hydrogen) atoms. The molecule has 8 heteroatoms. The number of hydrogen-bond donors (Lipinski definition) is 1. The Morgan fingerprint density at radius 3 is 2.41 bits per heavy atom. The smallest absolute Gasteiger partial charge is 0.300 e. The summed E-state index contributed by atoms with van der Waals surface area (Å²) in [6, 6.07) is 19.2. The summed E-state index contributed by atoms with van der Waals surface area (Å²) in [5, 5.41) is 20.6. The van der Waals surface area contributed by atoms with Gasteiger partial charge in [0.1, 0.15) is 11.5 Å². The lowest BCUT2D eigenvalue weighted by Crippen LogP contribution is -2.29. The molecule has 0 aliphatic carbocycles. The SMILES string of the molecule is CCCOc1cccc(/C(O)=C2/C(=O)C(=O)N(c3ccc(C#N)cc3)C2c2cccc(OC)c2OC)c1. The average molecular weight is 499 g/mol. The summed E-state index contributed by atoms with van der Waals surface area (Å²) < 4.78 is 16.8. The molecule has 3 aromatic carbocycles. The molecular weight excluding hydrogens is 472 g/mol. The summed E-state index contributed by atoms with van der Waals surface area (Å²) in [5.41, 5.74) is 1.46.